The first-order valence-electron chi connectivity index (χ1n) is 8.88. The molecule has 138 valence electrons. The quantitative estimate of drug-likeness (QED) is 0.857. The van der Waals surface area contributed by atoms with Crippen molar-refractivity contribution >= 4 is 11.6 Å². The Bertz CT molecular complexity index is 787. The van der Waals surface area contributed by atoms with Gasteiger partial charge in [0.2, 0.25) is 11.8 Å². The van der Waals surface area contributed by atoms with Crippen molar-refractivity contribution in [2.24, 2.45) is 11.7 Å². The Labute approximate surface area is 153 Å². The lowest BCUT2D eigenvalue weighted by molar-refractivity contribution is -0.120. The molecule has 1 aliphatic heterocycles. The molecule has 1 amide bonds. The second-order valence-corrected chi connectivity index (χ2v) is 7.07. The SMILES string of the molecule is CC[C@@](C)(N)C(=O)Nc1ccc(Oc2cccc3c2CC(C)CO3)nc1. The van der Waals surface area contributed by atoms with Crippen molar-refractivity contribution in [1.82, 2.24) is 4.98 Å². The highest BCUT2D eigenvalue weighted by Crippen LogP contribution is 2.36. The van der Waals surface area contributed by atoms with E-state index in [-0.39, 0.29) is 5.91 Å². The number of aromatic nitrogens is 1. The maximum atomic E-state index is 12.1. The number of hydrogen-bond acceptors (Lipinski definition) is 5. The van der Waals surface area contributed by atoms with Gasteiger partial charge in [0.05, 0.1) is 24.0 Å². The van der Waals surface area contributed by atoms with E-state index in [0.29, 0.717) is 23.9 Å². The number of nitrogens with one attached hydrogen (secondary N) is 1. The first-order chi connectivity index (χ1) is 12.4. The summed E-state index contributed by atoms with van der Waals surface area (Å²) in [6.45, 7) is 6.45. The smallest absolute Gasteiger partial charge is 0.244 e. The van der Waals surface area contributed by atoms with Crippen LogP contribution in [-0.4, -0.2) is 23.0 Å². The lowest BCUT2D eigenvalue weighted by Crippen LogP contribution is -2.47. The molecule has 1 aliphatic rings. The van der Waals surface area contributed by atoms with E-state index in [1.54, 1.807) is 25.3 Å². The average molecular weight is 355 g/mol. The Morgan fingerprint density at radius 2 is 2.23 bits per heavy atom. The molecule has 0 saturated carbocycles. The van der Waals surface area contributed by atoms with Crippen molar-refractivity contribution in [2.45, 2.75) is 39.2 Å². The molecule has 6 nitrogen and oxygen atoms in total. The number of carbonyl (C=O) groups is 1. The molecule has 3 rings (SSSR count). The van der Waals surface area contributed by atoms with Gasteiger partial charge in [-0.3, -0.25) is 4.79 Å². The number of nitrogens with zero attached hydrogens (tertiary/aromatic N) is 1. The van der Waals surface area contributed by atoms with E-state index in [2.05, 4.69) is 17.2 Å². The van der Waals surface area contributed by atoms with Crippen molar-refractivity contribution in [3.63, 3.8) is 0 Å². The van der Waals surface area contributed by atoms with Crippen LogP contribution in [0.4, 0.5) is 5.69 Å². The van der Waals surface area contributed by atoms with E-state index in [1.165, 1.54) is 0 Å². The summed E-state index contributed by atoms with van der Waals surface area (Å²) < 4.78 is 11.7. The molecule has 0 bridgehead atoms. The second-order valence-electron chi connectivity index (χ2n) is 7.07. The maximum Gasteiger partial charge on any atom is 0.244 e. The molecule has 2 atom stereocenters. The van der Waals surface area contributed by atoms with Gasteiger partial charge in [-0.25, -0.2) is 4.98 Å². The number of carbonyl (C=O) groups excluding carboxylic acids is 1. The standard InChI is InChI=1S/C20H25N3O3/c1-4-20(3,21)19(24)23-14-8-9-18(22-11-14)26-17-7-5-6-16-15(17)10-13(2)12-25-16/h5-9,11,13H,4,10,12,21H2,1-3H3,(H,23,24)/t13?,20-/m1/s1. The Morgan fingerprint density at radius 3 is 2.92 bits per heavy atom. The number of amides is 1. The summed E-state index contributed by atoms with van der Waals surface area (Å²) in [6, 6.07) is 9.25. The van der Waals surface area contributed by atoms with Crippen LogP contribution in [-0.2, 0) is 11.2 Å². The number of hydrogen-bond donors (Lipinski definition) is 2. The van der Waals surface area contributed by atoms with Gasteiger partial charge in [0, 0.05) is 11.6 Å². The molecule has 0 aliphatic carbocycles. The highest BCUT2D eigenvalue weighted by atomic mass is 16.5. The summed E-state index contributed by atoms with van der Waals surface area (Å²) in [5.74, 6) is 2.28. The molecule has 3 N–H and O–H groups in total. The largest absolute Gasteiger partial charge is 0.493 e. The average Bonchev–Trinajstić information content (AvgIpc) is 2.63. The Morgan fingerprint density at radius 1 is 1.42 bits per heavy atom. The van der Waals surface area contributed by atoms with Crippen LogP contribution in [0, 0.1) is 5.92 Å². The van der Waals surface area contributed by atoms with Crippen LogP contribution >= 0.6 is 0 Å². The van der Waals surface area contributed by atoms with Crippen LogP contribution in [0.25, 0.3) is 0 Å². The Hall–Kier alpha value is -2.60. The zero-order chi connectivity index (χ0) is 18.7. The molecule has 1 aromatic carbocycles. The molecule has 0 fully saturated rings. The van der Waals surface area contributed by atoms with Gasteiger partial charge in [0.1, 0.15) is 11.5 Å². The van der Waals surface area contributed by atoms with Crippen LogP contribution in [0.15, 0.2) is 36.5 Å². The summed E-state index contributed by atoms with van der Waals surface area (Å²) >= 11 is 0. The van der Waals surface area contributed by atoms with E-state index in [0.717, 1.165) is 30.1 Å². The predicted molar refractivity (Wildman–Crippen MR) is 101 cm³/mol. The van der Waals surface area contributed by atoms with Crippen molar-refractivity contribution in [2.75, 3.05) is 11.9 Å². The van der Waals surface area contributed by atoms with E-state index in [9.17, 15) is 4.79 Å². The van der Waals surface area contributed by atoms with Crippen LogP contribution in [0.5, 0.6) is 17.4 Å². The van der Waals surface area contributed by atoms with Crippen molar-refractivity contribution < 1.29 is 14.3 Å². The van der Waals surface area contributed by atoms with Crippen LogP contribution in [0.3, 0.4) is 0 Å². The topological polar surface area (TPSA) is 86.5 Å². The lowest BCUT2D eigenvalue weighted by atomic mass is 9.98. The molecule has 6 heteroatoms. The fourth-order valence-corrected chi connectivity index (χ4v) is 2.68. The summed E-state index contributed by atoms with van der Waals surface area (Å²) in [7, 11) is 0. The molecule has 2 heterocycles. The summed E-state index contributed by atoms with van der Waals surface area (Å²) in [5.41, 5.74) is 6.68. The van der Waals surface area contributed by atoms with Crippen LogP contribution in [0.2, 0.25) is 0 Å². The van der Waals surface area contributed by atoms with Gasteiger partial charge in [0.15, 0.2) is 0 Å². The molecule has 2 aromatic rings. The summed E-state index contributed by atoms with van der Waals surface area (Å²) in [6.07, 6.45) is 3.02. The molecule has 0 radical (unpaired) electrons. The van der Waals surface area contributed by atoms with Gasteiger partial charge >= 0.3 is 0 Å². The lowest BCUT2D eigenvalue weighted by Gasteiger charge is -2.24. The number of fused-ring (bicyclic) bond motifs is 1. The van der Waals surface area contributed by atoms with Crippen LogP contribution in [0.1, 0.15) is 32.8 Å². The maximum absolute atomic E-state index is 12.1. The minimum atomic E-state index is -0.908. The molecule has 1 aromatic heterocycles. The zero-order valence-electron chi connectivity index (χ0n) is 15.4. The first kappa shape index (κ1) is 18.2. The Balaban J connectivity index is 1.72. The van der Waals surface area contributed by atoms with Gasteiger partial charge < -0.3 is 20.5 Å². The predicted octanol–water partition coefficient (Wildman–Crippen LogP) is 3.51. The molecule has 0 saturated heterocycles. The highest BCUT2D eigenvalue weighted by Gasteiger charge is 2.26. The first-order valence-corrected chi connectivity index (χ1v) is 8.88. The molecule has 1 unspecified atom stereocenters. The number of nitrogens with two attached hydrogens (primary N) is 1. The van der Waals surface area contributed by atoms with E-state index < -0.39 is 5.54 Å². The van der Waals surface area contributed by atoms with Gasteiger partial charge in [-0.15, -0.1) is 0 Å². The monoisotopic (exact) mass is 355 g/mol. The summed E-state index contributed by atoms with van der Waals surface area (Å²) in [5, 5.41) is 2.78. The Kier molecular flexibility index (Phi) is 5.13. The fourth-order valence-electron chi connectivity index (χ4n) is 2.68. The number of rotatable bonds is 5. The number of ether oxygens (including phenoxy) is 2. The minimum Gasteiger partial charge on any atom is -0.493 e. The third-order valence-electron chi connectivity index (χ3n) is 4.63. The summed E-state index contributed by atoms with van der Waals surface area (Å²) in [4.78, 5) is 16.4. The number of benzene rings is 1. The zero-order valence-corrected chi connectivity index (χ0v) is 15.4. The molecular weight excluding hydrogens is 330 g/mol. The van der Waals surface area contributed by atoms with E-state index in [1.807, 2.05) is 25.1 Å². The van der Waals surface area contributed by atoms with Gasteiger partial charge in [-0.05, 0) is 43.9 Å². The van der Waals surface area contributed by atoms with Crippen molar-refractivity contribution in [3.05, 3.63) is 42.1 Å². The van der Waals surface area contributed by atoms with Gasteiger partial charge in [-0.1, -0.05) is 19.9 Å². The number of pyridine rings is 1. The minimum absolute atomic E-state index is 0.237. The number of anilines is 1. The van der Waals surface area contributed by atoms with Crippen molar-refractivity contribution in [3.8, 4) is 17.4 Å². The van der Waals surface area contributed by atoms with Crippen molar-refractivity contribution in [1.29, 1.82) is 0 Å². The molecular formula is C20H25N3O3. The van der Waals surface area contributed by atoms with Gasteiger partial charge in [-0.2, -0.15) is 0 Å². The molecule has 0 spiro atoms. The molecule has 26 heavy (non-hydrogen) atoms. The highest BCUT2D eigenvalue weighted by molar-refractivity contribution is 5.97. The van der Waals surface area contributed by atoms with E-state index >= 15 is 0 Å². The normalized spacial score (nSPS) is 18.2. The van der Waals surface area contributed by atoms with Crippen LogP contribution < -0.4 is 20.5 Å². The van der Waals surface area contributed by atoms with Gasteiger partial charge in [0.25, 0.3) is 0 Å². The van der Waals surface area contributed by atoms with E-state index in [4.69, 9.17) is 15.2 Å². The third kappa shape index (κ3) is 3.96. The fraction of sp³-hybridized carbons (Fsp3) is 0.400. The second kappa shape index (κ2) is 7.33. The third-order valence-corrected chi connectivity index (χ3v) is 4.63.